The van der Waals surface area contributed by atoms with E-state index in [9.17, 15) is 4.79 Å². The van der Waals surface area contributed by atoms with Crippen molar-refractivity contribution in [1.82, 2.24) is 15.2 Å². The van der Waals surface area contributed by atoms with Gasteiger partial charge in [-0.05, 0) is 30.7 Å². The standard InChI is InChI=1S/C18H15N5OS2/c1-11-6-2-3-7-12(11)19-15(24)10-25-18-21-16-17(22-23-18)26-14-9-5-4-8-13(14)20-16/h2-9H,10H2,1H3,(H,19,24)(H,20,21,23). The average molecular weight is 381 g/mol. The van der Waals surface area contributed by atoms with E-state index in [4.69, 9.17) is 0 Å². The summed E-state index contributed by atoms with van der Waals surface area (Å²) < 4.78 is 0. The van der Waals surface area contributed by atoms with Crippen LogP contribution in [0.4, 0.5) is 17.2 Å². The van der Waals surface area contributed by atoms with Gasteiger partial charge in [0.25, 0.3) is 0 Å². The summed E-state index contributed by atoms with van der Waals surface area (Å²) in [5, 5.41) is 15.7. The minimum Gasteiger partial charge on any atom is -0.337 e. The number of hydrogen-bond donors (Lipinski definition) is 2. The molecule has 1 amide bonds. The van der Waals surface area contributed by atoms with Gasteiger partial charge in [-0.3, -0.25) is 4.79 Å². The molecule has 0 spiro atoms. The molecule has 0 atom stereocenters. The second-order valence-corrected chi connectivity index (χ2v) is 7.60. The first-order valence-electron chi connectivity index (χ1n) is 7.96. The van der Waals surface area contributed by atoms with Crippen LogP contribution in [0, 0.1) is 6.92 Å². The first kappa shape index (κ1) is 16.9. The van der Waals surface area contributed by atoms with Crippen molar-refractivity contribution in [1.29, 1.82) is 0 Å². The fourth-order valence-corrected chi connectivity index (χ4v) is 3.88. The summed E-state index contributed by atoms with van der Waals surface area (Å²) in [7, 11) is 0. The van der Waals surface area contributed by atoms with Crippen molar-refractivity contribution in [2.24, 2.45) is 0 Å². The number of fused-ring (bicyclic) bond motifs is 2. The van der Waals surface area contributed by atoms with Crippen molar-refractivity contribution in [3.63, 3.8) is 0 Å². The van der Waals surface area contributed by atoms with Gasteiger partial charge in [-0.2, -0.15) is 0 Å². The topological polar surface area (TPSA) is 79.8 Å². The minimum absolute atomic E-state index is 0.0988. The number of anilines is 3. The van der Waals surface area contributed by atoms with E-state index >= 15 is 0 Å². The predicted molar refractivity (Wildman–Crippen MR) is 104 cm³/mol. The molecule has 1 aromatic heterocycles. The second-order valence-electron chi connectivity index (χ2n) is 5.62. The van der Waals surface area contributed by atoms with Gasteiger partial charge in [-0.1, -0.05) is 53.9 Å². The lowest BCUT2D eigenvalue weighted by molar-refractivity contribution is -0.113. The predicted octanol–water partition coefficient (Wildman–Crippen LogP) is 4.12. The zero-order valence-electron chi connectivity index (χ0n) is 13.9. The SMILES string of the molecule is Cc1ccccc1NC(=O)CSc1nnc2c(n1)Nc1ccccc1S2. The molecule has 8 heteroatoms. The quantitative estimate of drug-likeness (QED) is 0.515. The Labute approximate surface area is 159 Å². The van der Waals surface area contributed by atoms with Gasteiger partial charge in [0.05, 0.1) is 11.4 Å². The maximum atomic E-state index is 12.2. The lowest BCUT2D eigenvalue weighted by Crippen LogP contribution is -2.15. The summed E-state index contributed by atoms with van der Waals surface area (Å²) >= 11 is 2.79. The molecule has 3 aromatic rings. The third-order valence-corrected chi connectivity index (χ3v) is 5.62. The van der Waals surface area contributed by atoms with Crippen LogP contribution >= 0.6 is 23.5 Å². The Morgan fingerprint density at radius 3 is 2.85 bits per heavy atom. The van der Waals surface area contributed by atoms with Gasteiger partial charge >= 0.3 is 0 Å². The van der Waals surface area contributed by atoms with E-state index in [0.29, 0.717) is 11.0 Å². The molecule has 26 heavy (non-hydrogen) atoms. The fourth-order valence-electron chi connectivity index (χ4n) is 2.43. The van der Waals surface area contributed by atoms with Crippen molar-refractivity contribution >= 4 is 46.6 Å². The summed E-state index contributed by atoms with van der Waals surface area (Å²) in [6, 6.07) is 15.6. The van der Waals surface area contributed by atoms with Crippen LogP contribution in [0.3, 0.4) is 0 Å². The molecule has 0 saturated heterocycles. The van der Waals surface area contributed by atoms with E-state index in [1.807, 2.05) is 55.5 Å². The number of amides is 1. The summed E-state index contributed by atoms with van der Waals surface area (Å²) in [5.74, 6) is 0.794. The van der Waals surface area contributed by atoms with Crippen LogP contribution < -0.4 is 10.6 Å². The van der Waals surface area contributed by atoms with Crippen molar-refractivity contribution in [3.05, 3.63) is 54.1 Å². The number of aromatic nitrogens is 3. The number of rotatable bonds is 4. The highest BCUT2D eigenvalue weighted by atomic mass is 32.2. The minimum atomic E-state index is -0.0988. The molecule has 2 aromatic carbocycles. The summed E-state index contributed by atoms with van der Waals surface area (Å²) in [5.41, 5.74) is 2.84. The van der Waals surface area contributed by atoms with Gasteiger partial charge in [-0.15, -0.1) is 10.2 Å². The number of carbonyl (C=O) groups is 1. The molecule has 0 saturated carbocycles. The first-order valence-corrected chi connectivity index (χ1v) is 9.76. The highest BCUT2D eigenvalue weighted by molar-refractivity contribution is 8.00. The van der Waals surface area contributed by atoms with Crippen molar-refractivity contribution in [2.45, 2.75) is 22.0 Å². The van der Waals surface area contributed by atoms with Crippen LogP contribution in [-0.4, -0.2) is 26.8 Å². The van der Waals surface area contributed by atoms with E-state index in [-0.39, 0.29) is 11.7 Å². The Kier molecular flexibility index (Phi) is 4.77. The van der Waals surface area contributed by atoms with Gasteiger partial charge in [0.1, 0.15) is 0 Å². The molecule has 0 radical (unpaired) electrons. The van der Waals surface area contributed by atoms with Crippen molar-refractivity contribution in [2.75, 3.05) is 16.4 Å². The lowest BCUT2D eigenvalue weighted by atomic mass is 10.2. The molecule has 0 bridgehead atoms. The Morgan fingerprint density at radius 2 is 1.96 bits per heavy atom. The number of carbonyl (C=O) groups excluding carboxylic acids is 1. The van der Waals surface area contributed by atoms with E-state index in [1.54, 1.807) is 0 Å². The molecule has 6 nitrogen and oxygen atoms in total. The molecule has 130 valence electrons. The van der Waals surface area contributed by atoms with E-state index < -0.39 is 0 Å². The Hall–Kier alpha value is -2.58. The number of benzene rings is 2. The maximum absolute atomic E-state index is 12.2. The van der Waals surface area contributed by atoms with Gasteiger partial charge in [0.15, 0.2) is 10.8 Å². The molecule has 2 N–H and O–H groups in total. The largest absolute Gasteiger partial charge is 0.337 e. The van der Waals surface area contributed by atoms with E-state index in [0.717, 1.165) is 26.9 Å². The average Bonchev–Trinajstić information content (AvgIpc) is 2.66. The van der Waals surface area contributed by atoms with Crippen LogP contribution in [0.5, 0.6) is 0 Å². The van der Waals surface area contributed by atoms with Gasteiger partial charge in [0, 0.05) is 10.6 Å². The van der Waals surface area contributed by atoms with Crippen LogP contribution in [0.25, 0.3) is 0 Å². The fraction of sp³-hybridized carbons (Fsp3) is 0.111. The van der Waals surface area contributed by atoms with E-state index in [2.05, 4.69) is 25.8 Å². The van der Waals surface area contributed by atoms with Gasteiger partial charge < -0.3 is 10.6 Å². The smallest absolute Gasteiger partial charge is 0.234 e. The molecular weight excluding hydrogens is 366 g/mol. The van der Waals surface area contributed by atoms with Crippen molar-refractivity contribution in [3.8, 4) is 0 Å². The lowest BCUT2D eigenvalue weighted by Gasteiger charge is -2.18. The van der Waals surface area contributed by atoms with Crippen LogP contribution in [0.2, 0.25) is 0 Å². The summed E-state index contributed by atoms with van der Waals surface area (Å²) in [6.45, 7) is 1.96. The Morgan fingerprint density at radius 1 is 1.15 bits per heavy atom. The molecule has 4 rings (SSSR count). The summed E-state index contributed by atoms with van der Waals surface area (Å²) in [6.07, 6.45) is 0. The van der Waals surface area contributed by atoms with Gasteiger partial charge in [0.2, 0.25) is 11.1 Å². The number of nitrogens with zero attached hydrogens (tertiary/aromatic N) is 3. The molecule has 0 fully saturated rings. The molecule has 0 unspecified atom stereocenters. The van der Waals surface area contributed by atoms with Gasteiger partial charge in [-0.25, -0.2) is 4.98 Å². The molecule has 0 aliphatic carbocycles. The molecular formula is C18H15N5OS2. The number of para-hydroxylation sites is 2. The van der Waals surface area contributed by atoms with Crippen LogP contribution in [-0.2, 0) is 4.79 Å². The van der Waals surface area contributed by atoms with Crippen LogP contribution in [0.1, 0.15) is 5.56 Å². The number of hydrogen-bond acceptors (Lipinski definition) is 7. The summed E-state index contributed by atoms with van der Waals surface area (Å²) in [4.78, 5) is 17.7. The molecule has 1 aliphatic rings. The number of thioether (sulfide) groups is 1. The van der Waals surface area contributed by atoms with Crippen LogP contribution in [0.15, 0.2) is 63.6 Å². The van der Waals surface area contributed by atoms with Crippen molar-refractivity contribution < 1.29 is 4.79 Å². The molecule has 1 aliphatic heterocycles. The maximum Gasteiger partial charge on any atom is 0.234 e. The first-order chi connectivity index (χ1) is 12.7. The van der Waals surface area contributed by atoms with E-state index in [1.165, 1.54) is 23.5 Å². The normalized spacial score (nSPS) is 11.9. The molecule has 2 heterocycles. The second kappa shape index (κ2) is 7.35. The zero-order chi connectivity index (χ0) is 17.9. The monoisotopic (exact) mass is 381 g/mol. The highest BCUT2D eigenvalue weighted by Crippen LogP contribution is 2.41. The highest BCUT2D eigenvalue weighted by Gasteiger charge is 2.19. The third kappa shape index (κ3) is 3.66. The Balaban J connectivity index is 1.41. The number of aryl methyl sites for hydroxylation is 1. The Bertz CT molecular complexity index is 979. The zero-order valence-corrected chi connectivity index (χ0v) is 15.5. The number of nitrogens with one attached hydrogen (secondary N) is 2. The third-order valence-electron chi connectivity index (χ3n) is 3.73.